The Hall–Kier alpha value is -2.37. The molecule has 0 saturated carbocycles. The lowest BCUT2D eigenvalue weighted by Crippen LogP contribution is -2.15. The second-order valence-corrected chi connectivity index (χ2v) is 5.86. The Bertz CT molecular complexity index is 1060. The molecule has 0 aliphatic rings. The van der Waals surface area contributed by atoms with Gasteiger partial charge in [-0.3, -0.25) is 9.59 Å². The second kappa shape index (κ2) is 6.02. The van der Waals surface area contributed by atoms with Crippen molar-refractivity contribution in [3.63, 3.8) is 0 Å². The molecule has 6 nitrogen and oxygen atoms in total. The van der Waals surface area contributed by atoms with Crippen molar-refractivity contribution in [2.24, 2.45) is 0 Å². The number of nitrogens with one attached hydrogen (secondary N) is 1. The van der Waals surface area contributed by atoms with E-state index in [-0.39, 0.29) is 33.7 Å². The third-order valence-electron chi connectivity index (χ3n) is 3.15. The number of rotatable bonds is 2. The third-order valence-corrected chi connectivity index (χ3v) is 3.93. The first-order valence-electron chi connectivity index (χ1n) is 6.41. The van der Waals surface area contributed by atoms with Gasteiger partial charge in [0.1, 0.15) is 11.7 Å². The molecule has 0 aliphatic heterocycles. The van der Waals surface area contributed by atoms with Crippen molar-refractivity contribution in [1.82, 2.24) is 4.98 Å². The molecule has 1 N–H and O–H groups in total. The predicted molar refractivity (Wildman–Crippen MR) is 92.7 cm³/mol. The minimum Gasteiger partial charge on any atom is -0.437 e. The Kier molecular flexibility index (Phi) is 4.07. The van der Waals surface area contributed by atoms with E-state index in [9.17, 15) is 14.9 Å². The summed E-state index contributed by atoms with van der Waals surface area (Å²) in [5.41, 5.74) is 0.209. The van der Waals surface area contributed by atoms with Gasteiger partial charge in [-0.2, -0.15) is 22.9 Å². The fourth-order valence-corrected chi connectivity index (χ4v) is 2.55. The number of nitriles is 1. The number of aromatic nitrogens is 1. The smallest absolute Gasteiger partial charge is 0.235 e. The highest BCUT2D eigenvalue weighted by Gasteiger charge is 2.15. The van der Waals surface area contributed by atoms with Crippen LogP contribution in [0.1, 0.15) is 5.56 Å². The van der Waals surface area contributed by atoms with Gasteiger partial charge >= 0.3 is 0 Å². The van der Waals surface area contributed by atoms with Gasteiger partial charge in [-0.15, -0.1) is 0 Å². The molecular weight excluding hydrogens is 382 g/mol. The number of nitrogens with zero attached hydrogens (tertiary/aromatic N) is 2. The number of pyridine rings is 1. The first-order chi connectivity index (χ1) is 11.0. The zero-order valence-corrected chi connectivity index (χ0v) is 13.9. The fourth-order valence-electron chi connectivity index (χ4n) is 2.11. The SMILES string of the molecule is N#Cc1cc2c(=O)c3cc(Br)ccc3oc2nc1NC(=O)CS. The summed E-state index contributed by atoms with van der Waals surface area (Å²) in [5, 5.41) is 12.2. The molecule has 1 aromatic carbocycles. The van der Waals surface area contributed by atoms with Gasteiger partial charge in [0.05, 0.1) is 22.1 Å². The summed E-state index contributed by atoms with van der Waals surface area (Å²) in [7, 11) is 0. The van der Waals surface area contributed by atoms with Crippen LogP contribution in [0.2, 0.25) is 0 Å². The molecule has 0 atom stereocenters. The molecule has 3 aromatic rings. The van der Waals surface area contributed by atoms with Gasteiger partial charge in [-0.05, 0) is 24.3 Å². The Morgan fingerprint density at radius 1 is 1.39 bits per heavy atom. The summed E-state index contributed by atoms with van der Waals surface area (Å²) >= 11 is 7.16. The molecule has 0 bridgehead atoms. The normalized spacial score (nSPS) is 10.7. The van der Waals surface area contributed by atoms with Gasteiger partial charge in [0, 0.05) is 4.47 Å². The Morgan fingerprint density at radius 3 is 2.87 bits per heavy atom. The first kappa shape index (κ1) is 15.5. The summed E-state index contributed by atoms with van der Waals surface area (Å²) in [6.07, 6.45) is 0. The van der Waals surface area contributed by atoms with Crippen molar-refractivity contribution in [2.45, 2.75) is 0 Å². The Balaban J connectivity index is 2.33. The quantitative estimate of drug-likeness (QED) is 0.518. The number of hydrogen-bond acceptors (Lipinski definition) is 6. The van der Waals surface area contributed by atoms with Crippen LogP contribution in [0, 0.1) is 11.3 Å². The number of carbonyl (C=O) groups excluding carboxylic acids is 1. The van der Waals surface area contributed by atoms with Crippen molar-refractivity contribution >= 4 is 62.4 Å². The van der Waals surface area contributed by atoms with E-state index in [1.807, 2.05) is 6.07 Å². The number of amides is 1. The molecule has 2 heterocycles. The number of benzene rings is 1. The highest BCUT2D eigenvalue weighted by molar-refractivity contribution is 9.10. The Labute approximate surface area is 143 Å². The lowest BCUT2D eigenvalue weighted by molar-refractivity contribution is -0.113. The molecule has 0 fully saturated rings. The highest BCUT2D eigenvalue weighted by atomic mass is 79.9. The van der Waals surface area contributed by atoms with E-state index in [2.05, 4.69) is 38.9 Å². The maximum atomic E-state index is 12.6. The van der Waals surface area contributed by atoms with Crippen LogP contribution in [0.4, 0.5) is 5.82 Å². The fraction of sp³-hybridized carbons (Fsp3) is 0.0667. The average Bonchev–Trinajstić information content (AvgIpc) is 2.55. The van der Waals surface area contributed by atoms with E-state index >= 15 is 0 Å². The summed E-state index contributed by atoms with van der Waals surface area (Å²) in [4.78, 5) is 28.1. The van der Waals surface area contributed by atoms with E-state index in [4.69, 9.17) is 4.42 Å². The summed E-state index contributed by atoms with van der Waals surface area (Å²) in [5.74, 6) is -0.428. The molecule has 114 valence electrons. The zero-order valence-electron chi connectivity index (χ0n) is 11.5. The monoisotopic (exact) mass is 389 g/mol. The van der Waals surface area contributed by atoms with Crippen LogP contribution < -0.4 is 10.7 Å². The van der Waals surface area contributed by atoms with E-state index < -0.39 is 5.91 Å². The van der Waals surface area contributed by atoms with Crippen molar-refractivity contribution in [3.05, 3.63) is 44.5 Å². The number of fused-ring (bicyclic) bond motifs is 2. The molecule has 0 spiro atoms. The Morgan fingerprint density at radius 2 is 2.17 bits per heavy atom. The van der Waals surface area contributed by atoms with Gasteiger partial charge in [-0.25, -0.2) is 0 Å². The second-order valence-electron chi connectivity index (χ2n) is 4.63. The minimum absolute atomic E-state index is 0.0404. The van der Waals surface area contributed by atoms with E-state index in [0.717, 1.165) is 4.47 Å². The molecular formula is C15H8BrN3O3S. The van der Waals surface area contributed by atoms with Crippen molar-refractivity contribution in [3.8, 4) is 6.07 Å². The molecule has 3 rings (SSSR count). The average molecular weight is 390 g/mol. The van der Waals surface area contributed by atoms with Crippen LogP contribution in [0.25, 0.3) is 22.1 Å². The largest absolute Gasteiger partial charge is 0.437 e. The minimum atomic E-state index is -0.413. The van der Waals surface area contributed by atoms with Crippen LogP contribution in [0.3, 0.4) is 0 Å². The zero-order chi connectivity index (χ0) is 16.6. The van der Waals surface area contributed by atoms with Crippen molar-refractivity contribution in [2.75, 3.05) is 11.1 Å². The molecule has 23 heavy (non-hydrogen) atoms. The highest BCUT2D eigenvalue weighted by Crippen LogP contribution is 2.24. The molecule has 0 aliphatic carbocycles. The van der Waals surface area contributed by atoms with Gasteiger partial charge in [0.25, 0.3) is 0 Å². The maximum Gasteiger partial charge on any atom is 0.235 e. The number of anilines is 1. The number of hydrogen-bond donors (Lipinski definition) is 2. The van der Waals surface area contributed by atoms with E-state index in [1.54, 1.807) is 18.2 Å². The maximum absolute atomic E-state index is 12.6. The molecule has 0 saturated heterocycles. The van der Waals surface area contributed by atoms with E-state index in [0.29, 0.717) is 11.0 Å². The first-order valence-corrected chi connectivity index (χ1v) is 7.84. The van der Waals surface area contributed by atoms with Gasteiger partial charge in [0.15, 0.2) is 5.82 Å². The predicted octanol–water partition coefficient (Wildman–Crippen LogP) is 2.84. The van der Waals surface area contributed by atoms with Gasteiger partial charge in [0.2, 0.25) is 17.0 Å². The van der Waals surface area contributed by atoms with Gasteiger partial charge in [-0.1, -0.05) is 15.9 Å². The van der Waals surface area contributed by atoms with E-state index in [1.165, 1.54) is 6.07 Å². The van der Waals surface area contributed by atoms with Crippen LogP contribution in [-0.4, -0.2) is 16.6 Å². The summed E-state index contributed by atoms with van der Waals surface area (Å²) in [6, 6.07) is 8.30. The van der Waals surface area contributed by atoms with Crippen molar-refractivity contribution in [1.29, 1.82) is 5.26 Å². The topological polar surface area (TPSA) is 96.0 Å². The lowest BCUT2D eigenvalue weighted by atomic mass is 10.1. The lowest BCUT2D eigenvalue weighted by Gasteiger charge is -2.07. The van der Waals surface area contributed by atoms with Crippen molar-refractivity contribution < 1.29 is 9.21 Å². The van der Waals surface area contributed by atoms with Gasteiger partial charge < -0.3 is 9.73 Å². The molecule has 2 aromatic heterocycles. The molecule has 0 radical (unpaired) electrons. The standard InChI is InChI=1S/C15H8BrN3O3S/c16-8-1-2-11-9(4-8)13(21)10-3-7(5-17)14(18-12(20)6-23)19-15(10)22-11/h1-4,23H,6H2,(H,18,19,20). The van der Waals surface area contributed by atoms with Crippen LogP contribution in [-0.2, 0) is 4.79 Å². The third kappa shape index (κ3) is 2.81. The summed E-state index contributed by atoms with van der Waals surface area (Å²) in [6.45, 7) is 0. The molecule has 1 amide bonds. The molecule has 8 heteroatoms. The molecule has 0 unspecified atom stereocenters. The number of thiol groups is 1. The van der Waals surface area contributed by atoms with Crippen LogP contribution in [0.15, 0.2) is 37.9 Å². The van der Waals surface area contributed by atoms with Crippen LogP contribution >= 0.6 is 28.6 Å². The number of halogens is 1. The summed E-state index contributed by atoms with van der Waals surface area (Å²) < 4.78 is 6.36. The van der Waals surface area contributed by atoms with Crippen LogP contribution in [0.5, 0.6) is 0 Å². The number of carbonyl (C=O) groups is 1.